The Morgan fingerprint density at radius 3 is 2.80 bits per heavy atom. The molecule has 0 saturated carbocycles. The maximum absolute atomic E-state index is 10.6. The Morgan fingerprint density at radius 2 is 2.20 bits per heavy atom. The highest BCUT2D eigenvalue weighted by atomic mass is 35.5. The first-order valence-corrected chi connectivity index (χ1v) is 4.50. The van der Waals surface area contributed by atoms with Crippen molar-refractivity contribution in [1.82, 2.24) is 9.78 Å². The lowest BCUT2D eigenvalue weighted by atomic mass is 10.3. The molecule has 0 spiro atoms. The molecule has 6 heteroatoms. The number of halogens is 1. The third-order valence-corrected chi connectivity index (χ3v) is 2.17. The molecule has 1 heterocycles. The highest BCUT2D eigenvalue weighted by Crippen LogP contribution is 2.19. The molecule has 5 nitrogen and oxygen atoms in total. The second-order valence-corrected chi connectivity index (χ2v) is 3.23. The second kappa shape index (κ2) is 3.70. The van der Waals surface area contributed by atoms with E-state index in [0.29, 0.717) is 10.8 Å². The first-order valence-electron chi connectivity index (χ1n) is 4.13. The smallest absolute Gasteiger partial charge is 0.258 e. The summed E-state index contributed by atoms with van der Waals surface area (Å²) in [4.78, 5) is 10.1. The summed E-state index contributed by atoms with van der Waals surface area (Å²) in [6, 6.07) is 7.73. The molecule has 0 saturated heterocycles. The van der Waals surface area contributed by atoms with Crippen molar-refractivity contribution in [3.8, 4) is 5.69 Å². The van der Waals surface area contributed by atoms with E-state index in [1.807, 2.05) is 0 Å². The molecule has 0 aliphatic heterocycles. The van der Waals surface area contributed by atoms with E-state index in [0.717, 1.165) is 0 Å². The lowest BCUT2D eigenvalue weighted by molar-refractivity contribution is -0.384. The molecule has 2 aromatic rings. The maximum atomic E-state index is 10.6. The summed E-state index contributed by atoms with van der Waals surface area (Å²) >= 11 is 5.84. The maximum Gasteiger partial charge on any atom is 0.271 e. The van der Waals surface area contributed by atoms with Crippen molar-refractivity contribution in [2.24, 2.45) is 0 Å². The Morgan fingerprint density at radius 1 is 1.40 bits per heavy atom. The average molecular weight is 224 g/mol. The highest BCUT2D eigenvalue weighted by Gasteiger charge is 2.08. The molecule has 0 bridgehead atoms. The van der Waals surface area contributed by atoms with Crippen LogP contribution in [0, 0.1) is 10.1 Å². The molecular formula is C9H6ClN3O2. The predicted octanol–water partition coefficient (Wildman–Crippen LogP) is 2.43. The van der Waals surface area contributed by atoms with Crippen molar-refractivity contribution in [1.29, 1.82) is 0 Å². The van der Waals surface area contributed by atoms with E-state index >= 15 is 0 Å². The number of rotatable bonds is 2. The van der Waals surface area contributed by atoms with Gasteiger partial charge in [0.05, 0.1) is 16.8 Å². The van der Waals surface area contributed by atoms with E-state index in [1.54, 1.807) is 18.2 Å². The van der Waals surface area contributed by atoms with Crippen LogP contribution in [-0.4, -0.2) is 14.7 Å². The van der Waals surface area contributed by atoms with Crippen LogP contribution in [0.15, 0.2) is 36.5 Å². The molecule has 0 amide bonds. The molecule has 0 aliphatic carbocycles. The molecule has 0 aliphatic rings. The van der Waals surface area contributed by atoms with Crippen LogP contribution in [0.1, 0.15) is 0 Å². The van der Waals surface area contributed by atoms with Gasteiger partial charge < -0.3 is 0 Å². The zero-order valence-corrected chi connectivity index (χ0v) is 8.26. The monoisotopic (exact) mass is 223 g/mol. The summed E-state index contributed by atoms with van der Waals surface area (Å²) in [5.41, 5.74) is 0.582. The zero-order valence-electron chi connectivity index (χ0n) is 7.50. The average Bonchev–Trinajstić information content (AvgIpc) is 2.64. The fourth-order valence-electron chi connectivity index (χ4n) is 1.22. The first-order chi connectivity index (χ1) is 7.18. The Labute approximate surface area is 90.1 Å². The minimum absolute atomic E-state index is 0.0130. The molecular weight excluding hydrogens is 218 g/mol. The summed E-state index contributed by atoms with van der Waals surface area (Å²) in [5, 5.41) is 14.9. The number of nitro groups is 1. The Kier molecular flexibility index (Phi) is 2.39. The van der Waals surface area contributed by atoms with Crippen molar-refractivity contribution in [2.45, 2.75) is 0 Å². The van der Waals surface area contributed by atoms with Crippen molar-refractivity contribution in [3.63, 3.8) is 0 Å². The van der Waals surface area contributed by atoms with Gasteiger partial charge in [-0.15, -0.1) is 0 Å². The molecule has 76 valence electrons. The lowest BCUT2D eigenvalue weighted by Crippen LogP contribution is -1.97. The summed E-state index contributed by atoms with van der Waals surface area (Å²) in [6.07, 6.45) is 1.53. The third kappa shape index (κ3) is 1.82. The molecule has 1 aromatic carbocycles. The largest absolute Gasteiger partial charge is 0.271 e. The molecule has 0 atom stereocenters. The number of nitrogens with zero attached hydrogens (tertiary/aromatic N) is 3. The van der Waals surface area contributed by atoms with Gasteiger partial charge in [0.25, 0.3) is 5.69 Å². The fraction of sp³-hybridized carbons (Fsp3) is 0. The van der Waals surface area contributed by atoms with Crippen molar-refractivity contribution < 1.29 is 4.92 Å². The molecule has 0 unspecified atom stereocenters. The quantitative estimate of drug-likeness (QED) is 0.580. The topological polar surface area (TPSA) is 61.0 Å². The van der Waals surface area contributed by atoms with Crippen LogP contribution in [0.5, 0.6) is 0 Å². The van der Waals surface area contributed by atoms with E-state index in [9.17, 15) is 10.1 Å². The summed E-state index contributed by atoms with van der Waals surface area (Å²) < 4.78 is 1.43. The molecule has 0 N–H and O–H groups in total. The zero-order chi connectivity index (χ0) is 10.8. The van der Waals surface area contributed by atoms with Crippen LogP contribution in [0.2, 0.25) is 5.15 Å². The van der Waals surface area contributed by atoms with Gasteiger partial charge in [0.1, 0.15) is 5.15 Å². The van der Waals surface area contributed by atoms with Gasteiger partial charge in [-0.2, -0.15) is 5.10 Å². The van der Waals surface area contributed by atoms with E-state index in [-0.39, 0.29) is 5.69 Å². The van der Waals surface area contributed by atoms with Gasteiger partial charge in [0, 0.05) is 12.1 Å². The van der Waals surface area contributed by atoms with Crippen LogP contribution in [-0.2, 0) is 0 Å². The van der Waals surface area contributed by atoms with Gasteiger partial charge >= 0.3 is 0 Å². The van der Waals surface area contributed by atoms with Crippen LogP contribution >= 0.6 is 11.6 Å². The van der Waals surface area contributed by atoms with Gasteiger partial charge in [0.15, 0.2) is 0 Å². The Bertz CT molecular complexity index is 510. The molecule has 0 radical (unpaired) electrons. The van der Waals surface area contributed by atoms with Crippen LogP contribution in [0.3, 0.4) is 0 Å². The van der Waals surface area contributed by atoms with Crippen LogP contribution < -0.4 is 0 Å². The lowest BCUT2D eigenvalue weighted by Gasteiger charge is -2.01. The summed E-state index contributed by atoms with van der Waals surface area (Å²) in [6.45, 7) is 0. The Balaban J connectivity index is 2.50. The Hall–Kier alpha value is -1.88. The second-order valence-electron chi connectivity index (χ2n) is 2.84. The number of benzene rings is 1. The SMILES string of the molecule is O=[N+]([O-])c1cccc(-n2nccc2Cl)c1. The molecule has 15 heavy (non-hydrogen) atoms. The molecule has 1 aromatic heterocycles. The van der Waals surface area contributed by atoms with Crippen LogP contribution in [0.25, 0.3) is 5.69 Å². The van der Waals surface area contributed by atoms with Gasteiger partial charge in [-0.1, -0.05) is 17.7 Å². The summed E-state index contributed by atoms with van der Waals surface area (Å²) in [7, 11) is 0. The number of hydrogen-bond donors (Lipinski definition) is 0. The van der Waals surface area contributed by atoms with E-state index < -0.39 is 4.92 Å². The third-order valence-electron chi connectivity index (χ3n) is 1.88. The molecule has 2 rings (SSSR count). The number of non-ortho nitro benzene ring substituents is 1. The van der Waals surface area contributed by atoms with Crippen molar-refractivity contribution in [2.75, 3.05) is 0 Å². The minimum Gasteiger partial charge on any atom is -0.258 e. The summed E-state index contributed by atoms with van der Waals surface area (Å²) in [5.74, 6) is 0. The predicted molar refractivity (Wildman–Crippen MR) is 55.2 cm³/mol. The number of aromatic nitrogens is 2. The van der Waals surface area contributed by atoms with Crippen molar-refractivity contribution >= 4 is 17.3 Å². The molecule has 0 fully saturated rings. The van der Waals surface area contributed by atoms with Gasteiger partial charge in [-0.3, -0.25) is 10.1 Å². The van der Waals surface area contributed by atoms with Gasteiger partial charge in [-0.05, 0) is 12.1 Å². The van der Waals surface area contributed by atoms with E-state index in [1.165, 1.54) is 23.0 Å². The standard InChI is InChI=1S/C9H6ClN3O2/c10-9-4-5-11-12(9)7-2-1-3-8(6-7)13(14)15/h1-6H. The van der Waals surface area contributed by atoms with E-state index in [2.05, 4.69) is 5.10 Å². The van der Waals surface area contributed by atoms with Crippen molar-refractivity contribution in [3.05, 3.63) is 51.8 Å². The van der Waals surface area contributed by atoms with Crippen LogP contribution in [0.4, 0.5) is 5.69 Å². The first kappa shape index (κ1) is 9.67. The number of hydrogen-bond acceptors (Lipinski definition) is 3. The minimum atomic E-state index is -0.457. The van der Waals surface area contributed by atoms with E-state index in [4.69, 9.17) is 11.6 Å². The van der Waals surface area contributed by atoms with Gasteiger partial charge in [0.2, 0.25) is 0 Å². The number of nitro benzene ring substituents is 1. The highest BCUT2D eigenvalue weighted by molar-refractivity contribution is 6.29. The normalized spacial score (nSPS) is 10.2. The van der Waals surface area contributed by atoms with Gasteiger partial charge in [-0.25, -0.2) is 4.68 Å². The fourth-order valence-corrected chi connectivity index (χ4v) is 1.41.